The third kappa shape index (κ3) is 4.71. The quantitative estimate of drug-likeness (QED) is 0.915. The highest BCUT2D eigenvalue weighted by atomic mass is 16.5. The summed E-state index contributed by atoms with van der Waals surface area (Å²) in [7, 11) is 1.51. The first-order chi connectivity index (χ1) is 11.4. The molecule has 0 aliphatic carbocycles. The van der Waals surface area contributed by atoms with Gasteiger partial charge in [0.05, 0.1) is 6.04 Å². The van der Waals surface area contributed by atoms with E-state index in [0.717, 1.165) is 5.56 Å². The van der Waals surface area contributed by atoms with Crippen molar-refractivity contribution in [1.29, 1.82) is 0 Å². The molecular weight excluding hydrogens is 306 g/mol. The van der Waals surface area contributed by atoms with E-state index >= 15 is 0 Å². The molecule has 24 heavy (non-hydrogen) atoms. The number of carbonyl (C=O) groups is 2. The molecule has 1 aliphatic heterocycles. The second-order valence-electron chi connectivity index (χ2n) is 6.39. The molecule has 3 amide bonds. The smallest absolute Gasteiger partial charge is 0.317 e. The Morgan fingerprint density at radius 2 is 1.62 bits per heavy atom. The van der Waals surface area contributed by atoms with E-state index in [0.29, 0.717) is 26.2 Å². The van der Waals surface area contributed by atoms with Gasteiger partial charge in [0.25, 0.3) is 0 Å². The summed E-state index contributed by atoms with van der Waals surface area (Å²) in [6.45, 7) is 8.38. The largest absolute Gasteiger partial charge is 0.375 e. The van der Waals surface area contributed by atoms with Gasteiger partial charge in [-0.25, -0.2) is 4.79 Å². The van der Waals surface area contributed by atoms with Gasteiger partial charge in [0.2, 0.25) is 5.91 Å². The summed E-state index contributed by atoms with van der Waals surface area (Å²) in [6, 6.07) is 6.18. The molecule has 0 radical (unpaired) electrons. The summed E-state index contributed by atoms with van der Waals surface area (Å²) in [4.78, 5) is 27.7. The van der Waals surface area contributed by atoms with Crippen LogP contribution in [0.15, 0.2) is 18.2 Å². The van der Waals surface area contributed by atoms with Gasteiger partial charge in [0, 0.05) is 33.3 Å². The van der Waals surface area contributed by atoms with Crippen LogP contribution in [0.5, 0.6) is 0 Å². The highest BCUT2D eigenvalue weighted by molar-refractivity contribution is 5.78. The van der Waals surface area contributed by atoms with Crippen LogP contribution in [0.3, 0.4) is 0 Å². The summed E-state index contributed by atoms with van der Waals surface area (Å²) in [6.07, 6.45) is 0. The summed E-state index contributed by atoms with van der Waals surface area (Å²) in [5, 5.41) is 3.05. The molecule has 0 spiro atoms. The lowest BCUT2D eigenvalue weighted by Gasteiger charge is -2.35. The number of urea groups is 1. The standard InChI is InChI=1S/C18H27N3O3/c1-13-9-14(2)11-16(10-13)15(3)19-18(23)21-7-5-20(6-8-21)17(22)12-24-4/h9-11,15H,5-8,12H2,1-4H3,(H,19,23)/t15-/m1/s1. The van der Waals surface area contributed by atoms with E-state index < -0.39 is 0 Å². The predicted octanol–water partition coefficient (Wildman–Crippen LogP) is 1.86. The third-order valence-electron chi connectivity index (χ3n) is 4.27. The number of ether oxygens (including phenoxy) is 1. The normalized spacial score (nSPS) is 16.0. The maximum absolute atomic E-state index is 12.4. The number of nitrogens with one attached hydrogen (secondary N) is 1. The Hall–Kier alpha value is -2.08. The van der Waals surface area contributed by atoms with Crippen LogP contribution < -0.4 is 5.32 Å². The molecule has 1 atom stereocenters. The van der Waals surface area contributed by atoms with Crippen LogP contribution in [0.1, 0.15) is 29.7 Å². The molecule has 6 heteroatoms. The van der Waals surface area contributed by atoms with Gasteiger partial charge in [-0.05, 0) is 26.3 Å². The lowest BCUT2D eigenvalue weighted by atomic mass is 10.0. The maximum Gasteiger partial charge on any atom is 0.317 e. The van der Waals surface area contributed by atoms with Crippen LogP contribution in [-0.2, 0) is 9.53 Å². The SMILES string of the molecule is COCC(=O)N1CCN(C(=O)N[C@H](C)c2cc(C)cc(C)c2)CC1. The van der Waals surface area contributed by atoms with E-state index in [-0.39, 0.29) is 24.6 Å². The molecule has 2 rings (SSSR count). The van der Waals surface area contributed by atoms with Crippen molar-refractivity contribution in [2.75, 3.05) is 39.9 Å². The summed E-state index contributed by atoms with van der Waals surface area (Å²) >= 11 is 0. The Balaban J connectivity index is 1.88. The van der Waals surface area contributed by atoms with E-state index in [4.69, 9.17) is 4.74 Å². The van der Waals surface area contributed by atoms with E-state index in [1.165, 1.54) is 18.2 Å². The first-order valence-corrected chi connectivity index (χ1v) is 8.31. The zero-order chi connectivity index (χ0) is 17.7. The van der Waals surface area contributed by atoms with Gasteiger partial charge in [-0.3, -0.25) is 4.79 Å². The van der Waals surface area contributed by atoms with Crippen molar-refractivity contribution in [2.45, 2.75) is 26.8 Å². The summed E-state index contributed by atoms with van der Waals surface area (Å²) in [5.74, 6) is -0.0267. The zero-order valence-corrected chi connectivity index (χ0v) is 15.0. The fourth-order valence-corrected chi connectivity index (χ4v) is 2.99. The van der Waals surface area contributed by atoms with Crippen molar-refractivity contribution in [3.63, 3.8) is 0 Å². The molecule has 1 fully saturated rings. The Bertz CT molecular complexity index is 575. The van der Waals surface area contributed by atoms with E-state index in [1.54, 1.807) is 9.80 Å². The highest BCUT2D eigenvalue weighted by Crippen LogP contribution is 2.17. The maximum atomic E-state index is 12.4. The monoisotopic (exact) mass is 333 g/mol. The van der Waals surface area contributed by atoms with Crippen molar-refractivity contribution in [3.05, 3.63) is 34.9 Å². The van der Waals surface area contributed by atoms with Gasteiger partial charge in [-0.2, -0.15) is 0 Å². The molecule has 1 N–H and O–H groups in total. The predicted molar refractivity (Wildman–Crippen MR) is 92.9 cm³/mol. The number of aryl methyl sites for hydroxylation is 2. The molecule has 1 aliphatic rings. The van der Waals surface area contributed by atoms with Crippen LogP contribution in [0.4, 0.5) is 4.79 Å². The Morgan fingerprint density at radius 1 is 1.08 bits per heavy atom. The van der Waals surface area contributed by atoms with Crippen molar-refractivity contribution in [1.82, 2.24) is 15.1 Å². The molecule has 1 saturated heterocycles. The van der Waals surface area contributed by atoms with Gasteiger partial charge < -0.3 is 19.9 Å². The second kappa shape index (κ2) is 8.15. The van der Waals surface area contributed by atoms with Crippen LogP contribution in [0.25, 0.3) is 0 Å². The van der Waals surface area contributed by atoms with Gasteiger partial charge in [-0.1, -0.05) is 29.3 Å². The number of rotatable bonds is 4. The average Bonchev–Trinajstić information content (AvgIpc) is 2.54. The number of piperazine rings is 1. The summed E-state index contributed by atoms with van der Waals surface area (Å²) < 4.78 is 4.87. The van der Waals surface area contributed by atoms with Gasteiger partial charge in [0.1, 0.15) is 6.61 Å². The van der Waals surface area contributed by atoms with Crippen LogP contribution in [-0.4, -0.2) is 61.6 Å². The van der Waals surface area contributed by atoms with Gasteiger partial charge in [0.15, 0.2) is 0 Å². The number of methoxy groups -OCH3 is 1. The van der Waals surface area contributed by atoms with Crippen molar-refractivity contribution < 1.29 is 14.3 Å². The van der Waals surface area contributed by atoms with E-state index in [1.807, 2.05) is 6.92 Å². The number of benzene rings is 1. The Morgan fingerprint density at radius 3 is 2.17 bits per heavy atom. The van der Waals surface area contributed by atoms with E-state index in [2.05, 4.69) is 37.4 Å². The molecule has 6 nitrogen and oxygen atoms in total. The topological polar surface area (TPSA) is 61.9 Å². The molecule has 0 aromatic heterocycles. The molecule has 0 bridgehead atoms. The average molecular weight is 333 g/mol. The second-order valence-corrected chi connectivity index (χ2v) is 6.39. The van der Waals surface area contributed by atoms with Crippen LogP contribution in [0, 0.1) is 13.8 Å². The number of hydrogen-bond donors (Lipinski definition) is 1. The minimum absolute atomic E-state index is 0.0267. The number of nitrogens with zero attached hydrogens (tertiary/aromatic N) is 2. The summed E-state index contributed by atoms with van der Waals surface area (Å²) in [5.41, 5.74) is 3.49. The van der Waals surface area contributed by atoms with Crippen molar-refractivity contribution >= 4 is 11.9 Å². The van der Waals surface area contributed by atoms with E-state index in [9.17, 15) is 9.59 Å². The van der Waals surface area contributed by atoms with Gasteiger partial charge in [-0.15, -0.1) is 0 Å². The minimum atomic E-state index is -0.0829. The van der Waals surface area contributed by atoms with Crippen molar-refractivity contribution in [3.8, 4) is 0 Å². The first kappa shape index (κ1) is 18.3. The lowest BCUT2D eigenvalue weighted by Crippen LogP contribution is -2.54. The molecule has 132 valence electrons. The minimum Gasteiger partial charge on any atom is -0.375 e. The zero-order valence-electron chi connectivity index (χ0n) is 15.0. The molecule has 1 aromatic rings. The Labute approximate surface area is 143 Å². The van der Waals surface area contributed by atoms with Crippen LogP contribution >= 0.6 is 0 Å². The lowest BCUT2D eigenvalue weighted by molar-refractivity contribution is -0.136. The molecular formula is C18H27N3O3. The third-order valence-corrected chi connectivity index (χ3v) is 4.27. The molecule has 1 aromatic carbocycles. The van der Waals surface area contributed by atoms with Gasteiger partial charge >= 0.3 is 6.03 Å². The number of hydrogen-bond acceptors (Lipinski definition) is 3. The fraction of sp³-hybridized carbons (Fsp3) is 0.556. The molecule has 1 heterocycles. The fourth-order valence-electron chi connectivity index (χ4n) is 2.99. The number of carbonyl (C=O) groups excluding carboxylic acids is 2. The van der Waals surface area contributed by atoms with Crippen molar-refractivity contribution in [2.24, 2.45) is 0 Å². The first-order valence-electron chi connectivity index (χ1n) is 8.31. The molecule has 0 saturated carbocycles. The Kier molecular flexibility index (Phi) is 6.20. The number of amides is 3. The van der Waals surface area contributed by atoms with Crippen LogP contribution in [0.2, 0.25) is 0 Å². The molecule has 0 unspecified atom stereocenters. The highest BCUT2D eigenvalue weighted by Gasteiger charge is 2.24.